The minimum atomic E-state index is 0.318. The number of likely N-dealkylation sites (tertiary alicyclic amines) is 1. The molecule has 0 spiro atoms. The van der Waals surface area contributed by atoms with Crippen LogP contribution in [-0.4, -0.2) is 55.1 Å². The number of nitrogens with zero attached hydrogens (tertiary/aromatic N) is 2. The molecular weight excluding hydrogens is 190 g/mol. The van der Waals surface area contributed by atoms with E-state index in [0.717, 1.165) is 32.6 Å². The molecule has 4 heteroatoms. The summed E-state index contributed by atoms with van der Waals surface area (Å²) in [7, 11) is 2.13. The van der Waals surface area contributed by atoms with E-state index in [0.29, 0.717) is 18.5 Å². The number of hydrogen-bond donors (Lipinski definition) is 1. The summed E-state index contributed by atoms with van der Waals surface area (Å²) in [6, 6.07) is 0. The molecule has 1 N–H and O–H groups in total. The van der Waals surface area contributed by atoms with Crippen LogP contribution in [0.15, 0.2) is 0 Å². The van der Waals surface area contributed by atoms with Crippen molar-refractivity contribution in [2.75, 3.05) is 33.2 Å². The Morgan fingerprint density at radius 2 is 2.13 bits per heavy atom. The van der Waals surface area contributed by atoms with E-state index >= 15 is 0 Å². The second-order valence-electron chi connectivity index (χ2n) is 4.54. The number of piperidine rings is 1. The van der Waals surface area contributed by atoms with Gasteiger partial charge in [0.25, 0.3) is 0 Å². The van der Waals surface area contributed by atoms with Gasteiger partial charge in [0.1, 0.15) is 0 Å². The maximum Gasteiger partial charge on any atom is 0.225 e. The molecule has 0 aromatic carbocycles. The summed E-state index contributed by atoms with van der Waals surface area (Å²) < 4.78 is 0. The summed E-state index contributed by atoms with van der Waals surface area (Å²) in [6.07, 6.45) is 4.68. The van der Waals surface area contributed by atoms with Gasteiger partial charge in [-0.3, -0.25) is 9.69 Å². The van der Waals surface area contributed by atoms with Gasteiger partial charge in [0.15, 0.2) is 0 Å². The standard InChI is InChI=1S/C11H21N3O/c1-13-8-3-2-4-10(13)14-9-7-12-6-5-11(14)15/h10,12H,2-9H2,1H3. The van der Waals surface area contributed by atoms with Crippen molar-refractivity contribution in [3.05, 3.63) is 0 Å². The van der Waals surface area contributed by atoms with Crippen LogP contribution in [0.2, 0.25) is 0 Å². The molecule has 2 aliphatic heterocycles. The molecule has 0 aliphatic carbocycles. The number of rotatable bonds is 1. The Kier molecular flexibility index (Phi) is 3.59. The summed E-state index contributed by atoms with van der Waals surface area (Å²) in [5, 5.41) is 3.28. The zero-order chi connectivity index (χ0) is 10.7. The normalized spacial score (nSPS) is 30.3. The van der Waals surface area contributed by atoms with Crippen LogP contribution in [0.3, 0.4) is 0 Å². The molecule has 2 rings (SSSR count). The maximum atomic E-state index is 11.9. The first-order valence-corrected chi connectivity index (χ1v) is 5.99. The van der Waals surface area contributed by atoms with Crippen molar-refractivity contribution in [1.82, 2.24) is 15.1 Å². The summed E-state index contributed by atoms with van der Waals surface area (Å²) >= 11 is 0. The highest BCUT2D eigenvalue weighted by atomic mass is 16.2. The lowest BCUT2D eigenvalue weighted by Gasteiger charge is -2.40. The summed E-state index contributed by atoms with van der Waals surface area (Å²) in [5.74, 6) is 0.318. The van der Waals surface area contributed by atoms with Crippen molar-refractivity contribution in [3.8, 4) is 0 Å². The molecule has 0 aromatic rings. The number of nitrogens with one attached hydrogen (secondary N) is 1. The summed E-state index contributed by atoms with van der Waals surface area (Å²) in [6.45, 7) is 3.78. The van der Waals surface area contributed by atoms with E-state index in [9.17, 15) is 4.79 Å². The van der Waals surface area contributed by atoms with E-state index in [4.69, 9.17) is 0 Å². The van der Waals surface area contributed by atoms with E-state index in [1.54, 1.807) is 0 Å². The van der Waals surface area contributed by atoms with E-state index in [1.807, 2.05) is 0 Å². The first-order chi connectivity index (χ1) is 7.29. The summed E-state index contributed by atoms with van der Waals surface area (Å²) in [5.41, 5.74) is 0. The van der Waals surface area contributed by atoms with Gasteiger partial charge < -0.3 is 10.2 Å². The fourth-order valence-corrected chi connectivity index (χ4v) is 2.55. The lowest BCUT2D eigenvalue weighted by atomic mass is 10.1. The van der Waals surface area contributed by atoms with Gasteiger partial charge in [-0.2, -0.15) is 0 Å². The number of amides is 1. The zero-order valence-electron chi connectivity index (χ0n) is 9.54. The van der Waals surface area contributed by atoms with Crippen molar-refractivity contribution < 1.29 is 4.79 Å². The van der Waals surface area contributed by atoms with Gasteiger partial charge in [-0.1, -0.05) is 0 Å². The highest BCUT2D eigenvalue weighted by Gasteiger charge is 2.29. The van der Waals surface area contributed by atoms with Crippen LogP contribution in [0.5, 0.6) is 0 Å². The molecule has 4 nitrogen and oxygen atoms in total. The van der Waals surface area contributed by atoms with Crippen molar-refractivity contribution in [3.63, 3.8) is 0 Å². The number of carbonyl (C=O) groups is 1. The number of hydrogen-bond acceptors (Lipinski definition) is 3. The van der Waals surface area contributed by atoms with Crippen LogP contribution in [0.1, 0.15) is 25.7 Å². The first kappa shape index (κ1) is 10.9. The molecule has 0 radical (unpaired) electrons. The molecular formula is C11H21N3O. The SMILES string of the molecule is CN1CCCCC1N1CCNCCC1=O. The highest BCUT2D eigenvalue weighted by molar-refractivity contribution is 5.77. The molecule has 2 heterocycles. The van der Waals surface area contributed by atoms with Gasteiger partial charge in [-0.25, -0.2) is 0 Å². The predicted molar refractivity (Wildman–Crippen MR) is 59.5 cm³/mol. The van der Waals surface area contributed by atoms with Crippen molar-refractivity contribution in [2.24, 2.45) is 0 Å². The van der Waals surface area contributed by atoms with E-state index in [-0.39, 0.29) is 0 Å². The average molecular weight is 211 g/mol. The quantitative estimate of drug-likeness (QED) is 0.675. The van der Waals surface area contributed by atoms with E-state index < -0.39 is 0 Å². The van der Waals surface area contributed by atoms with Gasteiger partial charge in [-0.15, -0.1) is 0 Å². The fourth-order valence-electron chi connectivity index (χ4n) is 2.55. The Labute approximate surface area is 91.6 Å². The molecule has 15 heavy (non-hydrogen) atoms. The maximum absolute atomic E-state index is 11.9. The number of carbonyl (C=O) groups excluding carboxylic acids is 1. The van der Waals surface area contributed by atoms with Crippen molar-refractivity contribution >= 4 is 5.91 Å². The lowest BCUT2D eigenvalue weighted by Crippen LogP contribution is -2.52. The predicted octanol–water partition coefficient (Wildman–Crippen LogP) is 0.250. The van der Waals surface area contributed by atoms with Gasteiger partial charge in [0, 0.05) is 26.1 Å². The highest BCUT2D eigenvalue weighted by Crippen LogP contribution is 2.19. The largest absolute Gasteiger partial charge is 0.326 e. The van der Waals surface area contributed by atoms with Crippen LogP contribution in [0.4, 0.5) is 0 Å². The summed E-state index contributed by atoms with van der Waals surface area (Å²) in [4.78, 5) is 16.3. The third-order valence-electron chi connectivity index (χ3n) is 3.46. The molecule has 2 saturated heterocycles. The molecule has 2 fully saturated rings. The van der Waals surface area contributed by atoms with E-state index in [2.05, 4.69) is 22.2 Å². The van der Waals surface area contributed by atoms with Crippen molar-refractivity contribution in [1.29, 1.82) is 0 Å². The zero-order valence-corrected chi connectivity index (χ0v) is 9.54. The van der Waals surface area contributed by atoms with Crippen LogP contribution >= 0.6 is 0 Å². The molecule has 1 amide bonds. The molecule has 0 bridgehead atoms. The van der Waals surface area contributed by atoms with Gasteiger partial charge in [0.2, 0.25) is 5.91 Å². The molecule has 0 aromatic heterocycles. The van der Waals surface area contributed by atoms with Gasteiger partial charge in [-0.05, 0) is 32.9 Å². The molecule has 0 saturated carbocycles. The molecule has 2 aliphatic rings. The Morgan fingerprint density at radius 3 is 2.93 bits per heavy atom. The third kappa shape index (κ3) is 2.49. The fraction of sp³-hybridized carbons (Fsp3) is 0.909. The smallest absolute Gasteiger partial charge is 0.225 e. The van der Waals surface area contributed by atoms with Crippen LogP contribution < -0.4 is 5.32 Å². The Morgan fingerprint density at radius 1 is 1.27 bits per heavy atom. The second-order valence-corrected chi connectivity index (χ2v) is 4.54. The van der Waals surface area contributed by atoms with E-state index in [1.165, 1.54) is 12.8 Å². The van der Waals surface area contributed by atoms with Crippen LogP contribution in [0.25, 0.3) is 0 Å². The van der Waals surface area contributed by atoms with Crippen LogP contribution in [-0.2, 0) is 4.79 Å². The van der Waals surface area contributed by atoms with Gasteiger partial charge >= 0.3 is 0 Å². The van der Waals surface area contributed by atoms with Gasteiger partial charge in [0.05, 0.1) is 6.17 Å². The second kappa shape index (κ2) is 4.94. The lowest BCUT2D eigenvalue weighted by molar-refractivity contribution is -0.137. The topological polar surface area (TPSA) is 35.6 Å². The minimum Gasteiger partial charge on any atom is -0.326 e. The minimum absolute atomic E-state index is 0.318. The monoisotopic (exact) mass is 211 g/mol. The Balaban J connectivity index is 2.02. The first-order valence-electron chi connectivity index (χ1n) is 5.99. The third-order valence-corrected chi connectivity index (χ3v) is 3.46. The average Bonchev–Trinajstić information content (AvgIpc) is 2.44. The molecule has 1 atom stereocenters. The Bertz CT molecular complexity index is 232. The van der Waals surface area contributed by atoms with Crippen LogP contribution in [0, 0.1) is 0 Å². The molecule has 86 valence electrons. The molecule has 1 unspecified atom stereocenters. The Hall–Kier alpha value is -0.610. The van der Waals surface area contributed by atoms with Crippen molar-refractivity contribution in [2.45, 2.75) is 31.8 Å².